The summed E-state index contributed by atoms with van der Waals surface area (Å²) in [5.41, 5.74) is 4.61. The van der Waals surface area contributed by atoms with Crippen molar-refractivity contribution in [3.63, 3.8) is 0 Å². The second kappa shape index (κ2) is 31.5. The first-order valence-electron chi connectivity index (χ1n) is 29.7. The van der Waals surface area contributed by atoms with Crippen LogP contribution in [0.3, 0.4) is 0 Å². The molecule has 2 aromatic carbocycles. The van der Waals surface area contributed by atoms with Gasteiger partial charge in [0.05, 0.1) is 31.4 Å². The number of esters is 1. The second-order valence-corrected chi connectivity index (χ2v) is 24.4. The summed E-state index contributed by atoms with van der Waals surface area (Å²) in [6.07, 6.45) is 2.39. The number of likely N-dealkylation sites (N-methyl/N-ethyl adjacent to an activating group) is 1. The number of rotatable bonds is 24. The van der Waals surface area contributed by atoms with Gasteiger partial charge in [-0.3, -0.25) is 43.8 Å². The lowest BCUT2D eigenvalue weighted by molar-refractivity contribution is -0.158. The van der Waals surface area contributed by atoms with Crippen molar-refractivity contribution < 1.29 is 76.7 Å². The summed E-state index contributed by atoms with van der Waals surface area (Å²) in [6.45, 7) is 12.6. The van der Waals surface area contributed by atoms with E-state index in [2.05, 4.69) is 16.0 Å². The van der Waals surface area contributed by atoms with Crippen LogP contribution in [0, 0.1) is 23.7 Å². The number of aliphatic hydroxyl groups is 1. The van der Waals surface area contributed by atoms with Crippen molar-refractivity contribution in [2.75, 3.05) is 46.3 Å². The number of methoxy groups -OCH3 is 2. The van der Waals surface area contributed by atoms with E-state index in [0.29, 0.717) is 49.2 Å². The highest BCUT2D eigenvalue weighted by Gasteiger charge is 2.64. The summed E-state index contributed by atoms with van der Waals surface area (Å²) in [7, 11) is 5.80. The minimum atomic E-state index is -1.91. The molecule has 3 saturated heterocycles. The molecule has 484 valence electrons. The number of nitrogens with one attached hydrogen (secondary N) is 3. The fraction of sp³-hybridized carbons (Fsp3) is 0.587. The molecule has 25 heteroatoms. The number of allylic oxidation sites excluding steroid dienone is 3. The Kier molecular flexibility index (Phi) is 25.8. The van der Waals surface area contributed by atoms with Crippen LogP contribution in [0.4, 0.5) is 15.3 Å². The predicted molar refractivity (Wildman–Crippen MR) is 331 cm³/mol. The maximum Gasteiger partial charge on any atom is 0.409 e. The second-order valence-electron chi connectivity index (χ2n) is 24.0. The van der Waals surface area contributed by atoms with Gasteiger partial charge < -0.3 is 55.0 Å². The molecule has 0 saturated carbocycles. The molecule has 2 aromatic rings. The number of carbonyl (C=O) groups excluding carboxylic acids is 10. The number of epoxide rings is 1. The number of unbranched alkanes of at least 4 members (excludes halogenated alkanes) is 2. The minimum absolute atomic E-state index is 0. The fourth-order valence-corrected chi connectivity index (χ4v) is 11.7. The SMILES string of the molecule is COc1cc2cc(c1Cl)N(C)C(=O)C[C@H](OC(=O)[C@H](C)N(C)C(=O)c1ccc(CC(=O)[C@H](CCCNC(N)=O)NC(=O)[C@@H](CC(=O)CCCCCN3C(=O)CC(C)C3=O)C(C)C)cc1)[C@]1(C)O[C@H]1[C@H](C)[C@@H]1C[C@@](O)(NC(=O)O1)[C@H](OC)/C=C/C=C(\C)C2.S. The first-order chi connectivity index (χ1) is 41.0. The molecule has 4 aliphatic rings. The molecule has 88 heavy (non-hydrogen) atoms. The molecule has 6 N–H and O–H groups in total. The Morgan fingerprint density at radius 1 is 0.977 bits per heavy atom. The third-order valence-corrected chi connectivity index (χ3v) is 17.5. The molecule has 3 fully saturated rings. The lowest BCUT2D eigenvalue weighted by Crippen LogP contribution is -2.63. The maximum atomic E-state index is 14.5. The Labute approximate surface area is 526 Å². The topological polar surface area (TPSA) is 312 Å². The van der Waals surface area contributed by atoms with Gasteiger partial charge in [0, 0.05) is 89.7 Å². The molecule has 1 unspecified atom stereocenters. The summed E-state index contributed by atoms with van der Waals surface area (Å²) in [5.74, 6) is -4.99. The number of alkyl carbamates (subject to hydrolysis) is 1. The van der Waals surface area contributed by atoms with Crippen molar-refractivity contribution in [2.24, 2.45) is 29.4 Å². The van der Waals surface area contributed by atoms with Gasteiger partial charge in [0.15, 0.2) is 11.5 Å². The van der Waals surface area contributed by atoms with Crippen molar-refractivity contribution in [1.82, 2.24) is 25.8 Å². The molecular formula is C63H88ClN7O16S. The zero-order valence-corrected chi connectivity index (χ0v) is 54.0. The van der Waals surface area contributed by atoms with E-state index in [1.165, 1.54) is 62.1 Å². The van der Waals surface area contributed by atoms with Crippen LogP contribution in [0.25, 0.3) is 0 Å². The predicted octanol–water partition coefficient (Wildman–Crippen LogP) is 6.17. The van der Waals surface area contributed by atoms with E-state index in [1.807, 2.05) is 26.8 Å². The molecule has 8 amide bonds. The molecule has 0 aromatic heterocycles. The summed E-state index contributed by atoms with van der Waals surface area (Å²) in [6, 6.07) is 6.65. The number of carbonyl (C=O) groups is 10. The Bertz CT molecular complexity index is 2980. The molecule has 23 nitrogen and oxygen atoms in total. The molecular weight excluding hydrogens is 1180 g/mol. The number of imide groups is 1. The zero-order chi connectivity index (χ0) is 64.2. The lowest BCUT2D eigenvalue weighted by Gasteiger charge is -2.42. The number of benzene rings is 2. The molecule has 4 aliphatic heterocycles. The monoisotopic (exact) mass is 1270 g/mol. The van der Waals surface area contributed by atoms with Gasteiger partial charge in [-0.15, -0.1) is 0 Å². The lowest BCUT2D eigenvalue weighted by atomic mass is 9.83. The number of ether oxygens (including phenoxy) is 5. The van der Waals surface area contributed by atoms with Gasteiger partial charge in [-0.2, -0.15) is 13.5 Å². The van der Waals surface area contributed by atoms with Gasteiger partial charge in [0.25, 0.3) is 5.91 Å². The molecule has 0 spiro atoms. The number of nitrogens with zero attached hydrogens (tertiary/aromatic N) is 3. The number of fused-ring (bicyclic) bond motifs is 5. The van der Waals surface area contributed by atoms with Gasteiger partial charge >= 0.3 is 18.1 Å². The fourth-order valence-electron chi connectivity index (χ4n) is 11.4. The number of nitrogens with two attached hydrogens (primary N) is 1. The highest BCUT2D eigenvalue weighted by molar-refractivity contribution is 7.59. The number of ketones is 2. The number of likely N-dealkylation sites (tertiary alicyclic amines) is 1. The quantitative estimate of drug-likeness (QED) is 0.0339. The number of halogens is 1. The number of hydrogen-bond donors (Lipinski definition) is 5. The van der Waals surface area contributed by atoms with E-state index in [9.17, 15) is 53.1 Å². The molecule has 0 radical (unpaired) electrons. The summed E-state index contributed by atoms with van der Waals surface area (Å²) < 4.78 is 29.6. The van der Waals surface area contributed by atoms with Gasteiger partial charge in [0.1, 0.15) is 46.5 Å². The Balaban J connectivity index is 0.0000141. The van der Waals surface area contributed by atoms with Crippen LogP contribution < -0.4 is 31.3 Å². The van der Waals surface area contributed by atoms with Crippen LogP contribution in [0.15, 0.2) is 60.2 Å². The van der Waals surface area contributed by atoms with Crippen molar-refractivity contribution in [2.45, 2.75) is 173 Å². The van der Waals surface area contributed by atoms with Crippen molar-refractivity contribution in [3.8, 4) is 5.75 Å². The maximum absolute atomic E-state index is 14.5. The van der Waals surface area contributed by atoms with Crippen LogP contribution in [0.1, 0.15) is 134 Å². The number of amides is 8. The van der Waals surface area contributed by atoms with Gasteiger partial charge in [-0.05, 0) is 94.2 Å². The molecule has 0 aliphatic carbocycles. The zero-order valence-electron chi connectivity index (χ0n) is 52.2. The Hall–Kier alpha value is -6.86. The molecule has 4 heterocycles. The van der Waals surface area contributed by atoms with Crippen molar-refractivity contribution in [1.29, 1.82) is 0 Å². The van der Waals surface area contributed by atoms with Crippen LogP contribution >= 0.6 is 25.1 Å². The number of Topliss-reactive ketones (excluding diaryl/α,β-unsaturated/α-hetero) is 2. The van der Waals surface area contributed by atoms with Gasteiger partial charge in [-0.1, -0.05) is 81.7 Å². The highest BCUT2D eigenvalue weighted by atomic mass is 35.5. The molecule has 4 bridgehead atoms. The van der Waals surface area contributed by atoms with Crippen molar-refractivity contribution >= 4 is 90.0 Å². The van der Waals surface area contributed by atoms with Gasteiger partial charge in [0.2, 0.25) is 23.6 Å². The van der Waals surface area contributed by atoms with Crippen LogP contribution in [0.5, 0.6) is 5.75 Å². The van der Waals surface area contributed by atoms with E-state index in [0.717, 1.165) is 11.1 Å². The summed E-state index contributed by atoms with van der Waals surface area (Å²) in [4.78, 5) is 137. The Morgan fingerprint density at radius 3 is 2.30 bits per heavy atom. The highest BCUT2D eigenvalue weighted by Crippen LogP contribution is 2.49. The number of urea groups is 1. The molecule has 6 rings (SSSR count). The van der Waals surface area contributed by atoms with E-state index >= 15 is 0 Å². The normalized spacial score (nSPS) is 25.7. The van der Waals surface area contributed by atoms with E-state index in [4.69, 9.17) is 41.0 Å². The Morgan fingerprint density at radius 2 is 1.67 bits per heavy atom. The van der Waals surface area contributed by atoms with Gasteiger partial charge in [-0.25, -0.2) is 14.4 Å². The average Bonchev–Trinajstić information content (AvgIpc) is 1.86. The number of anilines is 1. The third kappa shape index (κ3) is 18.2. The number of primary amides is 1. The average molecular weight is 1270 g/mol. The standard InChI is InChI=1S/C63H86ClN7O16.H2S/c1-35(2)44(32-43(72)18-13-12-14-26-71-53(75)28-37(4)57(71)77)56(76)67-45(19-16-25-66-60(65)80)47(73)30-40-21-23-42(24-22-40)58(78)69(8)39(6)59(79)86-51-33-52(74)70(9)46-29-41(31-48(83-10)54(46)64)27-36(3)17-15-20-50(84-11)63(82)34-49(85-61(81)68-63)38(5)55-62(51,7)87-55;/h15,17,20-24,29,31,35,37-39,44-45,49-51,55,82H,12-14,16,18-19,25-28,30,32-34H2,1-11H3,(H,67,76)(H,68,81)(H3,65,66,80);1H2/b20-15+,36-17+;/t37?,38-,39+,44+,45+,49+,50-,51+,55+,62+,63+;/m1./s1. The smallest absolute Gasteiger partial charge is 0.409 e. The third-order valence-electron chi connectivity index (χ3n) is 17.1. The summed E-state index contributed by atoms with van der Waals surface area (Å²) >= 11 is 6.85. The number of hydrogen-bond acceptors (Lipinski definition) is 16. The van der Waals surface area contributed by atoms with Crippen LogP contribution in [-0.4, -0.2) is 163 Å². The van der Waals surface area contributed by atoms with Crippen LogP contribution in [-0.2, 0) is 65.4 Å². The first kappa shape index (κ1) is 71.9. The van der Waals surface area contributed by atoms with E-state index < -0.39 is 102 Å². The van der Waals surface area contributed by atoms with Crippen LogP contribution in [0.2, 0.25) is 5.02 Å². The largest absolute Gasteiger partial charge is 0.495 e. The van der Waals surface area contributed by atoms with Crippen molar-refractivity contribution in [3.05, 3.63) is 81.9 Å². The first-order valence-corrected chi connectivity index (χ1v) is 30.1. The minimum Gasteiger partial charge on any atom is -0.495 e. The van der Waals surface area contributed by atoms with E-state index in [-0.39, 0.29) is 111 Å². The molecule has 11 atom stereocenters. The summed E-state index contributed by atoms with van der Waals surface area (Å²) in [5, 5.41) is 19.9. The van der Waals surface area contributed by atoms with E-state index in [1.54, 1.807) is 57.2 Å².